The number of methoxy groups -OCH3 is 2. The molecular weight excluding hydrogens is 540 g/mol. The first-order valence-corrected chi connectivity index (χ1v) is 14.0. The Morgan fingerprint density at radius 3 is 2.56 bits per heavy atom. The van der Waals surface area contributed by atoms with Gasteiger partial charge in [-0.3, -0.25) is 9.78 Å². The molecule has 210 valence electrons. The number of fused-ring (bicyclic) bond motifs is 1. The standard InChI is InChI=1S/C31H30N4O5S/c1-4-40-30(37)26-27(21-11-6-5-7-12-21)34-31-35(28(26)23-13-8-14-24(38-2)29(23)39-3)22(19-41-31)16-25(36)33-18-20-10-9-15-32-17-20/h5-15,17,19,28H,4,16,18H2,1-3H3,(H,33,36)/t28-/m0/s1. The molecule has 2 aliphatic rings. The first kappa shape index (κ1) is 28.0. The van der Waals surface area contributed by atoms with E-state index in [4.69, 9.17) is 19.2 Å². The minimum atomic E-state index is -0.700. The predicted octanol–water partition coefficient (Wildman–Crippen LogP) is 5.08. The number of pyridine rings is 1. The summed E-state index contributed by atoms with van der Waals surface area (Å²) in [4.78, 5) is 37.8. The summed E-state index contributed by atoms with van der Waals surface area (Å²) in [6.07, 6.45) is 3.48. The van der Waals surface area contributed by atoms with Crippen molar-refractivity contribution in [3.8, 4) is 11.5 Å². The van der Waals surface area contributed by atoms with Gasteiger partial charge in [-0.1, -0.05) is 60.3 Å². The highest BCUT2D eigenvalue weighted by molar-refractivity contribution is 8.16. The van der Waals surface area contributed by atoms with Crippen molar-refractivity contribution < 1.29 is 23.8 Å². The largest absolute Gasteiger partial charge is 0.493 e. The van der Waals surface area contributed by atoms with Crippen LogP contribution in [0.3, 0.4) is 0 Å². The molecule has 1 atom stereocenters. The third-order valence-corrected chi connectivity index (χ3v) is 7.52. The van der Waals surface area contributed by atoms with E-state index >= 15 is 0 Å². The number of aliphatic imine (C=N–C) groups is 1. The third-order valence-electron chi connectivity index (χ3n) is 6.63. The normalized spacial score (nSPS) is 16.0. The molecule has 0 fully saturated rings. The number of ether oxygens (including phenoxy) is 3. The van der Waals surface area contributed by atoms with Gasteiger partial charge in [-0.2, -0.15) is 0 Å². The minimum Gasteiger partial charge on any atom is -0.493 e. The molecule has 9 nitrogen and oxygen atoms in total. The maximum atomic E-state index is 13.7. The van der Waals surface area contributed by atoms with Crippen molar-refractivity contribution >= 4 is 34.5 Å². The van der Waals surface area contributed by atoms with Gasteiger partial charge in [0.25, 0.3) is 0 Å². The number of para-hydroxylation sites is 1. The van der Waals surface area contributed by atoms with E-state index in [-0.39, 0.29) is 18.9 Å². The van der Waals surface area contributed by atoms with Gasteiger partial charge in [0.1, 0.15) is 0 Å². The van der Waals surface area contributed by atoms with Crippen molar-refractivity contribution in [3.63, 3.8) is 0 Å². The Morgan fingerprint density at radius 2 is 1.85 bits per heavy atom. The zero-order valence-electron chi connectivity index (χ0n) is 23.0. The maximum Gasteiger partial charge on any atom is 0.338 e. The van der Waals surface area contributed by atoms with Crippen molar-refractivity contribution in [1.82, 2.24) is 15.2 Å². The molecule has 1 aromatic heterocycles. The van der Waals surface area contributed by atoms with Gasteiger partial charge in [-0.25, -0.2) is 9.79 Å². The number of thioether (sulfide) groups is 1. The van der Waals surface area contributed by atoms with Crippen LogP contribution in [0, 0.1) is 0 Å². The maximum absolute atomic E-state index is 13.7. The zero-order valence-corrected chi connectivity index (χ0v) is 23.8. The lowest BCUT2D eigenvalue weighted by molar-refractivity contribution is -0.139. The minimum absolute atomic E-state index is 0.0752. The molecule has 2 aliphatic heterocycles. The highest BCUT2D eigenvalue weighted by atomic mass is 32.2. The molecule has 5 rings (SSSR count). The molecule has 3 aromatic rings. The summed E-state index contributed by atoms with van der Waals surface area (Å²) < 4.78 is 17.0. The molecule has 1 amide bonds. The van der Waals surface area contributed by atoms with Crippen LogP contribution in [0.15, 0.2) is 94.7 Å². The number of aromatic nitrogens is 1. The molecule has 0 bridgehead atoms. The Labute approximate surface area is 242 Å². The third kappa shape index (κ3) is 5.83. The summed E-state index contributed by atoms with van der Waals surface area (Å²) in [5, 5.41) is 5.50. The monoisotopic (exact) mass is 570 g/mol. The Morgan fingerprint density at radius 1 is 1.02 bits per heavy atom. The summed E-state index contributed by atoms with van der Waals surface area (Å²) >= 11 is 1.40. The Kier molecular flexibility index (Phi) is 8.69. The van der Waals surface area contributed by atoms with Crippen LogP contribution in [0.1, 0.15) is 36.1 Å². The van der Waals surface area contributed by atoms with Gasteiger partial charge >= 0.3 is 5.97 Å². The van der Waals surface area contributed by atoms with Crippen molar-refractivity contribution in [2.45, 2.75) is 25.9 Å². The number of esters is 1. The van der Waals surface area contributed by atoms with Crippen molar-refractivity contribution in [1.29, 1.82) is 0 Å². The Hall–Kier alpha value is -4.57. The van der Waals surface area contributed by atoms with Gasteiger partial charge in [0.05, 0.1) is 44.6 Å². The number of rotatable bonds is 10. The second-order valence-corrected chi connectivity index (χ2v) is 9.98. The van der Waals surface area contributed by atoms with Crippen LogP contribution in [0.5, 0.6) is 11.5 Å². The number of carbonyl (C=O) groups is 2. The summed E-state index contributed by atoms with van der Waals surface area (Å²) in [5.41, 5.74) is 3.90. The number of hydrogen-bond donors (Lipinski definition) is 1. The second-order valence-electron chi connectivity index (χ2n) is 9.14. The van der Waals surface area contributed by atoms with Crippen LogP contribution in [0.2, 0.25) is 0 Å². The molecule has 0 radical (unpaired) electrons. The predicted molar refractivity (Wildman–Crippen MR) is 158 cm³/mol. The van der Waals surface area contributed by atoms with E-state index in [9.17, 15) is 9.59 Å². The van der Waals surface area contributed by atoms with Crippen LogP contribution in [0.25, 0.3) is 5.70 Å². The van der Waals surface area contributed by atoms with Crippen LogP contribution in [0.4, 0.5) is 0 Å². The van der Waals surface area contributed by atoms with Gasteiger partial charge in [-0.15, -0.1) is 0 Å². The van der Waals surface area contributed by atoms with E-state index in [1.807, 2.05) is 64.9 Å². The number of carbonyl (C=O) groups excluding carboxylic acids is 2. The molecule has 1 N–H and O–H groups in total. The van der Waals surface area contributed by atoms with Crippen LogP contribution < -0.4 is 14.8 Å². The molecule has 0 saturated carbocycles. The quantitative estimate of drug-likeness (QED) is 0.337. The van der Waals surface area contributed by atoms with Crippen molar-refractivity contribution in [3.05, 3.63) is 106 Å². The first-order chi connectivity index (χ1) is 20.0. The van der Waals surface area contributed by atoms with Crippen molar-refractivity contribution in [2.75, 3.05) is 20.8 Å². The Bertz CT molecular complexity index is 1520. The van der Waals surface area contributed by atoms with Gasteiger partial charge in [0, 0.05) is 35.8 Å². The van der Waals surface area contributed by atoms with Gasteiger partial charge in [0.15, 0.2) is 16.7 Å². The van der Waals surface area contributed by atoms with Crippen LogP contribution in [-0.4, -0.2) is 47.8 Å². The lowest BCUT2D eigenvalue weighted by Crippen LogP contribution is -2.38. The highest BCUT2D eigenvalue weighted by Gasteiger charge is 2.43. The number of hydrogen-bond acceptors (Lipinski definition) is 9. The molecule has 2 aromatic carbocycles. The molecule has 0 spiro atoms. The fourth-order valence-corrected chi connectivity index (χ4v) is 5.76. The molecule has 0 aliphatic carbocycles. The molecule has 0 unspecified atom stereocenters. The number of benzene rings is 2. The van der Waals surface area contributed by atoms with E-state index in [2.05, 4.69) is 10.3 Å². The molecule has 41 heavy (non-hydrogen) atoms. The highest BCUT2D eigenvalue weighted by Crippen LogP contribution is 2.50. The fraction of sp³-hybridized carbons (Fsp3) is 0.226. The Balaban J connectivity index is 1.60. The first-order valence-electron chi connectivity index (χ1n) is 13.1. The van der Waals surface area contributed by atoms with Crippen LogP contribution >= 0.6 is 11.8 Å². The molecule has 3 heterocycles. The molecular formula is C31H30N4O5S. The average Bonchev–Trinajstić information content (AvgIpc) is 3.41. The van der Waals surface area contributed by atoms with E-state index in [1.165, 1.54) is 11.8 Å². The molecule has 0 saturated heterocycles. The number of amides is 1. The van der Waals surface area contributed by atoms with E-state index in [0.717, 1.165) is 11.1 Å². The van der Waals surface area contributed by atoms with Crippen molar-refractivity contribution in [2.24, 2.45) is 4.99 Å². The SMILES string of the molecule is CCOC(=O)C1=C(c2ccccc2)N=C2SC=C(CC(=O)NCc3cccnc3)N2[C@H]1c1cccc(OC)c1OC. The van der Waals surface area contributed by atoms with E-state index in [1.54, 1.807) is 39.6 Å². The van der Waals surface area contributed by atoms with Gasteiger partial charge in [0.2, 0.25) is 5.91 Å². The van der Waals surface area contributed by atoms with Gasteiger partial charge < -0.3 is 24.4 Å². The number of nitrogens with one attached hydrogen (secondary N) is 1. The zero-order chi connectivity index (χ0) is 28.8. The lowest BCUT2D eigenvalue weighted by atomic mass is 9.90. The number of amidine groups is 1. The number of nitrogens with zero attached hydrogens (tertiary/aromatic N) is 3. The average molecular weight is 571 g/mol. The van der Waals surface area contributed by atoms with Gasteiger partial charge in [-0.05, 0) is 30.0 Å². The van der Waals surface area contributed by atoms with E-state index in [0.29, 0.717) is 45.7 Å². The summed E-state index contributed by atoms with van der Waals surface area (Å²) in [6.45, 7) is 2.31. The lowest BCUT2D eigenvalue weighted by Gasteiger charge is -2.37. The topological polar surface area (TPSA) is 102 Å². The smallest absolute Gasteiger partial charge is 0.338 e. The molecule has 10 heteroatoms. The summed E-state index contributed by atoms with van der Waals surface area (Å²) in [7, 11) is 3.13. The van der Waals surface area contributed by atoms with E-state index < -0.39 is 12.0 Å². The second kappa shape index (κ2) is 12.7. The summed E-state index contributed by atoms with van der Waals surface area (Å²) in [6, 6.07) is 18.1. The fourth-order valence-electron chi connectivity index (χ4n) is 4.84. The summed E-state index contributed by atoms with van der Waals surface area (Å²) in [5.74, 6) is 0.327. The van der Waals surface area contributed by atoms with Crippen LogP contribution in [-0.2, 0) is 20.9 Å².